The van der Waals surface area contributed by atoms with Gasteiger partial charge in [-0.3, -0.25) is 4.79 Å². The largest absolute Gasteiger partial charge is 0.444 e. The van der Waals surface area contributed by atoms with Crippen LogP contribution in [0.25, 0.3) is 6.08 Å². The molecule has 0 aliphatic rings. The first kappa shape index (κ1) is 16.2. The summed E-state index contributed by atoms with van der Waals surface area (Å²) in [5, 5.41) is 3.08. The van der Waals surface area contributed by atoms with Crippen LogP contribution in [-0.4, -0.2) is 24.5 Å². The zero-order chi connectivity index (χ0) is 15.2. The van der Waals surface area contributed by atoms with Crippen LogP contribution in [0.4, 0.5) is 4.79 Å². The highest BCUT2D eigenvalue weighted by atomic mass is 35.5. The van der Waals surface area contributed by atoms with Gasteiger partial charge in [0.15, 0.2) is 6.29 Å². The smallest absolute Gasteiger partial charge is 0.407 e. The first-order valence-electron chi connectivity index (χ1n) is 6.20. The van der Waals surface area contributed by atoms with Crippen LogP contribution >= 0.6 is 11.6 Å². The standard InChI is InChI=1S/C15H18ClNO3/c1-15(2,3)20-14(19)17-9-5-7-12-11(10-18)6-4-8-13(12)16/h4-8,10H,9H2,1-3H3,(H,17,19). The van der Waals surface area contributed by atoms with E-state index in [0.29, 0.717) is 22.7 Å². The number of carbonyl (C=O) groups is 2. The van der Waals surface area contributed by atoms with Crippen molar-refractivity contribution in [3.05, 3.63) is 40.4 Å². The molecule has 1 aromatic carbocycles. The Morgan fingerprint density at radius 3 is 2.70 bits per heavy atom. The summed E-state index contributed by atoms with van der Waals surface area (Å²) in [6.45, 7) is 5.67. The zero-order valence-corrected chi connectivity index (χ0v) is 12.5. The van der Waals surface area contributed by atoms with Gasteiger partial charge in [0.25, 0.3) is 0 Å². The van der Waals surface area contributed by atoms with Crippen molar-refractivity contribution in [1.29, 1.82) is 0 Å². The lowest BCUT2D eigenvalue weighted by molar-refractivity contribution is 0.0534. The van der Waals surface area contributed by atoms with E-state index >= 15 is 0 Å². The molecule has 1 rings (SSSR count). The van der Waals surface area contributed by atoms with E-state index in [4.69, 9.17) is 16.3 Å². The number of rotatable bonds is 4. The van der Waals surface area contributed by atoms with E-state index in [1.165, 1.54) is 0 Å². The Kier molecular flexibility index (Phi) is 5.77. The lowest BCUT2D eigenvalue weighted by Crippen LogP contribution is -2.32. The second-order valence-corrected chi connectivity index (χ2v) is 5.55. The zero-order valence-electron chi connectivity index (χ0n) is 11.8. The molecule has 0 bridgehead atoms. The number of alkyl carbamates (subject to hydrolysis) is 1. The molecule has 0 aromatic heterocycles. The molecular formula is C15H18ClNO3. The van der Waals surface area contributed by atoms with E-state index in [2.05, 4.69) is 5.32 Å². The fourth-order valence-electron chi connectivity index (χ4n) is 1.47. The van der Waals surface area contributed by atoms with Gasteiger partial charge in [0.1, 0.15) is 5.60 Å². The molecule has 0 fully saturated rings. The topological polar surface area (TPSA) is 55.4 Å². The summed E-state index contributed by atoms with van der Waals surface area (Å²) in [4.78, 5) is 22.3. The first-order valence-corrected chi connectivity index (χ1v) is 6.58. The number of ether oxygens (including phenoxy) is 1. The third-order valence-electron chi connectivity index (χ3n) is 2.26. The van der Waals surface area contributed by atoms with Gasteiger partial charge in [-0.1, -0.05) is 35.9 Å². The van der Waals surface area contributed by atoms with E-state index in [1.807, 2.05) is 0 Å². The molecule has 4 nitrogen and oxygen atoms in total. The predicted octanol–water partition coefficient (Wildman–Crippen LogP) is 3.69. The SMILES string of the molecule is CC(C)(C)OC(=O)NCC=Cc1c(Cl)cccc1C=O. The summed E-state index contributed by atoms with van der Waals surface area (Å²) >= 11 is 6.01. The molecule has 1 amide bonds. The summed E-state index contributed by atoms with van der Waals surface area (Å²) in [5.74, 6) is 0. The molecule has 0 saturated heterocycles. The van der Waals surface area contributed by atoms with Crippen molar-refractivity contribution < 1.29 is 14.3 Å². The molecule has 1 N–H and O–H groups in total. The number of carbonyl (C=O) groups excluding carboxylic acids is 2. The predicted molar refractivity (Wildman–Crippen MR) is 80.1 cm³/mol. The summed E-state index contributed by atoms with van der Waals surface area (Å²) in [6.07, 6.45) is 3.66. The molecule has 108 valence electrons. The molecular weight excluding hydrogens is 278 g/mol. The molecule has 0 unspecified atom stereocenters. The van der Waals surface area contributed by atoms with Crippen LogP contribution in [0.1, 0.15) is 36.7 Å². The Morgan fingerprint density at radius 2 is 2.10 bits per heavy atom. The number of amides is 1. The molecule has 0 spiro atoms. The Bertz CT molecular complexity index is 518. The van der Waals surface area contributed by atoms with Crippen LogP contribution in [0.15, 0.2) is 24.3 Å². The lowest BCUT2D eigenvalue weighted by Gasteiger charge is -2.19. The van der Waals surface area contributed by atoms with E-state index in [-0.39, 0.29) is 0 Å². The van der Waals surface area contributed by atoms with Gasteiger partial charge in [0.05, 0.1) is 0 Å². The van der Waals surface area contributed by atoms with Gasteiger partial charge in [-0.15, -0.1) is 0 Å². The molecule has 0 aliphatic heterocycles. The van der Waals surface area contributed by atoms with Gasteiger partial charge in [0.2, 0.25) is 0 Å². The molecule has 0 heterocycles. The maximum atomic E-state index is 11.4. The Labute approximate surface area is 123 Å². The van der Waals surface area contributed by atoms with E-state index in [1.54, 1.807) is 51.1 Å². The molecule has 0 radical (unpaired) electrons. The number of hydrogen-bond donors (Lipinski definition) is 1. The molecule has 1 aromatic rings. The highest BCUT2D eigenvalue weighted by molar-refractivity contribution is 6.32. The van der Waals surface area contributed by atoms with Crippen LogP contribution in [0.5, 0.6) is 0 Å². The van der Waals surface area contributed by atoms with Crippen molar-refractivity contribution in [2.24, 2.45) is 0 Å². The van der Waals surface area contributed by atoms with Gasteiger partial charge >= 0.3 is 6.09 Å². The minimum Gasteiger partial charge on any atom is -0.444 e. The molecule has 0 aliphatic carbocycles. The fraction of sp³-hybridized carbons (Fsp3) is 0.333. The van der Waals surface area contributed by atoms with Crippen molar-refractivity contribution in [3.63, 3.8) is 0 Å². The van der Waals surface area contributed by atoms with Crippen molar-refractivity contribution >= 4 is 30.1 Å². The van der Waals surface area contributed by atoms with Crippen molar-refractivity contribution in [2.45, 2.75) is 26.4 Å². The van der Waals surface area contributed by atoms with Gasteiger partial charge in [-0.05, 0) is 26.8 Å². The monoisotopic (exact) mass is 295 g/mol. The summed E-state index contributed by atoms with van der Waals surface area (Å²) in [7, 11) is 0. The highest BCUT2D eigenvalue weighted by Gasteiger charge is 2.15. The maximum absolute atomic E-state index is 11.4. The van der Waals surface area contributed by atoms with Crippen LogP contribution < -0.4 is 5.32 Å². The molecule has 0 saturated carbocycles. The number of nitrogens with one attached hydrogen (secondary N) is 1. The number of aldehydes is 1. The van der Waals surface area contributed by atoms with Crippen LogP contribution in [-0.2, 0) is 4.74 Å². The summed E-state index contributed by atoms with van der Waals surface area (Å²) in [6, 6.07) is 5.09. The Hall–Kier alpha value is -1.81. The third-order valence-corrected chi connectivity index (χ3v) is 2.59. The number of benzene rings is 1. The van der Waals surface area contributed by atoms with Crippen molar-refractivity contribution in [2.75, 3.05) is 6.54 Å². The number of hydrogen-bond acceptors (Lipinski definition) is 3. The lowest BCUT2D eigenvalue weighted by atomic mass is 10.1. The minimum absolute atomic E-state index is 0.290. The van der Waals surface area contributed by atoms with Gasteiger partial charge in [-0.2, -0.15) is 0 Å². The van der Waals surface area contributed by atoms with Gasteiger partial charge < -0.3 is 10.1 Å². The second-order valence-electron chi connectivity index (χ2n) is 5.15. The van der Waals surface area contributed by atoms with E-state index in [9.17, 15) is 9.59 Å². The summed E-state index contributed by atoms with van der Waals surface area (Å²) < 4.78 is 5.09. The minimum atomic E-state index is -0.527. The van der Waals surface area contributed by atoms with Gasteiger partial charge in [-0.25, -0.2) is 4.79 Å². The quantitative estimate of drug-likeness (QED) is 0.862. The second kappa shape index (κ2) is 7.10. The highest BCUT2D eigenvalue weighted by Crippen LogP contribution is 2.20. The van der Waals surface area contributed by atoms with Crippen LogP contribution in [0, 0.1) is 0 Å². The maximum Gasteiger partial charge on any atom is 0.407 e. The first-order chi connectivity index (χ1) is 9.33. The average Bonchev–Trinajstić information content (AvgIpc) is 2.33. The van der Waals surface area contributed by atoms with Crippen LogP contribution in [0.3, 0.4) is 0 Å². The van der Waals surface area contributed by atoms with Crippen LogP contribution in [0.2, 0.25) is 5.02 Å². The van der Waals surface area contributed by atoms with E-state index < -0.39 is 11.7 Å². The Morgan fingerprint density at radius 1 is 1.40 bits per heavy atom. The van der Waals surface area contributed by atoms with E-state index in [0.717, 1.165) is 6.29 Å². The molecule has 20 heavy (non-hydrogen) atoms. The fourth-order valence-corrected chi connectivity index (χ4v) is 1.71. The normalized spacial score (nSPS) is 11.4. The number of halogens is 1. The van der Waals surface area contributed by atoms with Gasteiger partial charge in [0, 0.05) is 22.7 Å². The van der Waals surface area contributed by atoms with Crippen molar-refractivity contribution in [1.82, 2.24) is 5.32 Å². The third kappa shape index (κ3) is 5.45. The Balaban J connectivity index is 2.58. The average molecular weight is 296 g/mol. The molecule has 5 heteroatoms. The summed E-state index contributed by atoms with van der Waals surface area (Å²) in [5.41, 5.74) is 0.613. The molecule has 0 atom stereocenters. The van der Waals surface area contributed by atoms with Crippen molar-refractivity contribution in [3.8, 4) is 0 Å².